The molecule has 0 aliphatic heterocycles. The van der Waals surface area contributed by atoms with E-state index in [9.17, 15) is 20.0 Å². The summed E-state index contributed by atoms with van der Waals surface area (Å²) in [5, 5.41) is 25.6. The van der Waals surface area contributed by atoms with Crippen LogP contribution in [0.25, 0.3) is 0 Å². The van der Waals surface area contributed by atoms with Crippen LogP contribution >= 0.6 is 0 Å². The number of hydrogen-bond donors (Lipinski definition) is 1. The van der Waals surface area contributed by atoms with E-state index < -0.39 is 10.8 Å². The highest BCUT2D eigenvalue weighted by Gasteiger charge is 2.22. The second-order valence-corrected chi connectivity index (χ2v) is 6.02. The van der Waals surface area contributed by atoms with Crippen LogP contribution in [-0.2, 0) is 11.3 Å². The highest BCUT2D eigenvalue weighted by molar-refractivity contribution is 5.87. The molecule has 0 aliphatic carbocycles. The zero-order valence-electron chi connectivity index (χ0n) is 14.4. The van der Waals surface area contributed by atoms with Crippen molar-refractivity contribution in [2.24, 2.45) is 0 Å². The van der Waals surface area contributed by atoms with Crippen molar-refractivity contribution in [2.75, 3.05) is 0 Å². The smallest absolute Gasteiger partial charge is 0.269 e. The number of carbonyl (C=O) groups excluding carboxylic acids is 1. The van der Waals surface area contributed by atoms with E-state index in [4.69, 9.17) is 0 Å². The fourth-order valence-corrected chi connectivity index (χ4v) is 2.89. The van der Waals surface area contributed by atoms with Crippen molar-refractivity contribution in [3.63, 3.8) is 0 Å². The minimum absolute atomic E-state index is 0.0739. The summed E-state index contributed by atoms with van der Waals surface area (Å²) in [5.41, 5.74) is 1.64. The van der Waals surface area contributed by atoms with Gasteiger partial charge in [0.05, 0.1) is 10.8 Å². The van der Waals surface area contributed by atoms with E-state index in [1.165, 1.54) is 6.07 Å². The molecule has 0 fully saturated rings. The summed E-state index contributed by atoms with van der Waals surface area (Å²) in [6.45, 7) is -0.0739. The summed E-state index contributed by atoms with van der Waals surface area (Å²) in [5.74, 6) is -1.17. The van der Waals surface area contributed by atoms with Crippen molar-refractivity contribution >= 4 is 11.6 Å². The van der Waals surface area contributed by atoms with Crippen LogP contribution in [0, 0.1) is 10.1 Å². The minimum atomic E-state index is -0.568. The van der Waals surface area contributed by atoms with E-state index in [-0.39, 0.29) is 29.5 Å². The van der Waals surface area contributed by atoms with E-state index in [2.05, 4.69) is 5.32 Å². The lowest BCUT2D eigenvalue weighted by molar-refractivity contribution is -0.385. The van der Waals surface area contributed by atoms with Gasteiger partial charge in [0, 0.05) is 18.7 Å². The molecule has 6 nitrogen and oxygen atoms in total. The molecule has 6 heteroatoms. The molecule has 0 unspecified atom stereocenters. The van der Waals surface area contributed by atoms with Crippen LogP contribution in [0.4, 0.5) is 5.69 Å². The van der Waals surface area contributed by atoms with Crippen molar-refractivity contribution in [2.45, 2.75) is 12.5 Å². The predicted molar refractivity (Wildman–Crippen MR) is 99.1 cm³/mol. The monoisotopic (exact) mass is 361 g/mol. The molecule has 27 heavy (non-hydrogen) atoms. The van der Waals surface area contributed by atoms with Gasteiger partial charge in [0.2, 0.25) is 5.91 Å². The Hall–Kier alpha value is -3.67. The standard InChI is InChI=1S/C21H18N2O4/c24-19-12-11-18(23(26)27)13-17(19)14-22-21(25)20(15-7-3-1-4-8-15)16-9-5-2-6-10-16/h1-13,20,24H,14H2,(H,22,25)/p-1. The van der Waals surface area contributed by atoms with Crippen molar-refractivity contribution in [3.05, 3.63) is 106 Å². The summed E-state index contributed by atoms with van der Waals surface area (Å²) >= 11 is 0. The second kappa shape index (κ2) is 8.14. The molecule has 1 N–H and O–H groups in total. The van der Waals surface area contributed by atoms with Gasteiger partial charge in [0.25, 0.3) is 5.69 Å². The number of nitrogens with one attached hydrogen (secondary N) is 1. The third-order valence-electron chi connectivity index (χ3n) is 4.24. The molecule has 3 aromatic carbocycles. The van der Waals surface area contributed by atoms with E-state index >= 15 is 0 Å². The maximum atomic E-state index is 12.9. The summed E-state index contributed by atoms with van der Waals surface area (Å²) in [6.07, 6.45) is 0. The van der Waals surface area contributed by atoms with E-state index in [0.29, 0.717) is 0 Å². The third-order valence-corrected chi connectivity index (χ3v) is 4.24. The Labute approximate surface area is 156 Å². The van der Waals surface area contributed by atoms with Crippen LogP contribution in [0.5, 0.6) is 5.75 Å². The molecule has 0 aromatic heterocycles. The average Bonchev–Trinajstić information content (AvgIpc) is 2.69. The van der Waals surface area contributed by atoms with Gasteiger partial charge in [0.1, 0.15) is 0 Å². The van der Waals surface area contributed by atoms with Crippen molar-refractivity contribution < 1.29 is 14.8 Å². The molecular weight excluding hydrogens is 344 g/mol. The Morgan fingerprint density at radius 1 is 0.926 bits per heavy atom. The van der Waals surface area contributed by atoms with Crippen molar-refractivity contribution in [1.82, 2.24) is 5.32 Å². The van der Waals surface area contributed by atoms with Gasteiger partial charge in [0.15, 0.2) is 0 Å². The van der Waals surface area contributed by atoms with Gasteiger partial charge >= 0.3 is 0 Å². The van der Waals surface area contributed by atoms with Crippen LogP contribution in [0.2, 0.25) is 0 Å². The Balaban J connectivity index is 1.84. The molecule has 0 heterocycles. The van der Waals surface area contributed by atoms with Gasteiger partial charge < -0.3 is 10.4 Å². The predicted octanol–water partition coefficient (Wildman–Crippen LogP) is 3.12. The summed E-state index contributed by atoms with van der Waals surface area (Å²) in [4.78, 5) is 23.2. The zero-order valence-corrected chi connectivity index (χ0v) is 14.4. The van der Waals surface area contributed by atoms with Crippen LogP contribution in [0.1, 0.15) is 22.6 Å². The first-order valence-electron chi connectivity index (χ1n) is 8.38. The van der Waals surface area contributed by atoms with Crippen LogP contribution < -0.4 is 10.4 Å². The lowest BCUT2D eigenvalue weighted by Gasteiger charge is -2.19. The summed E-state index contributed by atoms with van der Waals surface area (Å²) in [7, 11) is 0. The van der Waals surface area contributed by atoms with E-state index in [0.717, 1.165) is 23.3 Å². The third kappa shape index (κ3) is 4.30. The molecule has 0 spiro atoms. The zero-order chi connectivity index (χ0) is 19.2. The van der Waals surface area contributed by atoms with Crippen molar-refractivity contribution in [1.29, 1.82) is 0 Å². The lowest BCUT2D eigenvalue weighted by Crippen LogP contribution is -2.30. The first kappa shape index (κ1) is 18.1. The van der Waals surface area contributed by atoms with Gasteiger partial charge in [-0.1, -0.05) is 66.7 Å². The van der Waals surface area contributed by atoms with Crippen LogP contribution in [0.15, 0.2) is 78.9 Å². The maximum Gasteiger partial charge on any atom is 0.269 e. The van der Waals surface area contributed by atoms with Crippen LogP contribution in [-0.4, -0.2) is 10.8 Å². The summed E-state index contributed by atoms with van der Waals surface area (Å²) in [6, 6.07) is 22.1. The number of non-ortho nitro benzene ring substituents is 1. The molecule has 136 valence electrons. The van der Waals surface area contributed by atoms with E-state index in [1.54, 1.807) is 0 Å². The Morgan fingerprint density at radius 3 is 2.00 bits per heavy atom. The summed E-state index contributed by atoms with van der Waals surface area (Å²) < 4.78 is 0. The normalized spacial score (nSPS) is 10.6. The van der Waals surface area contributed by atoms with Gasteiger partial charge in [-0.15, -0.1) is 5.75 Å². The van der Waals surface area contributed by atoms with E-state index in [1.807, 2.05) is 60.7 Å². The maximum absolute atomic E-state index is 12.9. The topological polar surface area (TPSA) is 95.3 Å². The van der Waals surface area contributed by atoms with Gasteiger partial charge in [-0.05, 0) is 16.7 Å². The fourth-order valence-electron chi connectivity index (χ4n) is 2.89. The number of hydrogen-bond acceptors (Lipinski definition) is 4. The molecule has 0 aliphatic rings. The Bertz CT molecular complexity index is 903. The fraction of sp³-hybridized carbons (Fsp3) is 0.0952. The number of benzene rings is 3. The molecule has 0 atom stereocenters. The minimum Gasteiger partial charge on any atom is -0.872 e. The SMILES string of the molecule is O=C(NCc1cc([N+](=O)[O-])ccc1[O-])C(c1ccccc1)c1ccccc1. The number of amides is 1. The molecule has 1 amide bonds. The molecule has 0 saturated carbocycles. The number of carbonyl (C=O) groups is 1. The number of nitrogens with zero attached hydrogens (tertiary/aromatic N) is 1. The second-order valence-electron chi connectivity index (χ2n) is 6.02. The molecule has 0 saturated heterocycles. The average molecular weight is 361 g/mol. The number of nitro benzene ring substituents is 1. The molecule has 0 bridgehead atoms. The largest absolute Gasteiger partial charge is 0.872 e. The Kier molecular flexibility index (Phi) is 5.47. The molecule has 3 rings (SSSR count). The molecule has 3 aromatic rings. The first-order valence-corrected chi connectivity index (χ1v) is 8.38. The highest BCUT2D eigenvalue weighted by Crippen LogP contribution is 2.26. The number of rotatable bonds is 6. The number of nitro groups is 1. The molecular formula is C21H17N2O4-. The van der Waals surface area contributed by atoms with Gasteiger partial charge in [-0.25, -0.2) is 0 Å². The van der Waals surface area contributed by atoms with Gasteiger partial charge in [-0.3, -0.25) is 14.9 Å². The van der Waals surface area contributed by atoms with Crippen LogP contribution in [0.3, 0.4) is 0 Å². The Morgan fingerprint density at radius 2 is 1.48 bits per heavy atom. The molecule has 0 radical (unpaired) electrons. The lowest BCUT2D eigenvalue weighted by atomic mass is 9.90. The van der Waals surface area contributed by atoms with Crippen molar-refractivity contribution in [3.8, 4) is 5.75 Å². The quantitative estimate of drug-likeness (QED) is 0.539. The highest BCUT2D eigenvalue weighted by atomic mass is 16.6. The van der Waals surface area contributed by atoms with Gasteiger partial charge in [-0.2, -0.15) is 0 Å². The first-order chi connectivity index (χ1) is 13.1.